The molecule has 4 aromatic rings. The Morgan fingerprint density at radius 1 is 1.04 bits per heavy atom. The Hall–Kier alpha value is -2.72. The molecule has 2 heterocycles. The SMILES string of the molecule is Clc1ccc2c(c1)nc(COc1ccccc1)n2Cc1ccco1. The van der Waals surface area contributed by atoms with E-state index in [9.17, 15) is 0 Å². The smallest absolute Gasteiger partial charge is 0.148 e. The van der Waals surface area contributed by atoms with Crippen LogP contribution in [0.4, 0.5) is 0 Å². The molecule has 2 aromatic carbocycles. The molecule has 120 valence electrons. The maximum atomic E-state index is 6.10. The van der Waals surface area contributed by atoms with E-state index in [2.05, 4.69) is 9.55 Å². The lowest BCUT2D eigenvalue weighted by Gasteiger charge is -2.09. The molecule has 0 fully saturated rings. The zero-order valence-corrected chi connectivity index (χ0v) is 13.6. The lowest BCUT2D eigenvalue weighted by Crippen LogP contribution is -2.08. The second kappa shape index (κ2) is 6.42. The molecule has 0 N–H and O–H groups in total. The second-order valence-electron chi connectivity index (χ2n) is 5.43. The standard InChI is InChI=1S/C19H15ClN2O2/c20-14-8-9-18-17(11-14)21-19(13-24-15-5-2-1-3-6-15)22(18)12-16-7-4-10-23-16/h1-11H,12-13H2. The molecule has 0 spiro atoms. The van der Waals surface area contributed by atoms with Gasteiger partial charge in [-0.05, 0) is 42.5 Å². The summed E-state index contributed by atoms with van der Waals surface area (Å²) >= 11 is 6.10. The third-order valence-corrected chi connectivity index (χ3v) is 4.03. The summed E-state index contributed by atoms with van der Waals surface area (Å²) in [6, 6.07) is 19.2. The van der Waals surface area contributed by atoms with Crippen molar-refractivity contribution in [3.05, 3.63) is 83.5 Å². The van der Waals surface area contributed by atoms with Gasteiger partial charge in [-0.2, -0.15) is 0 Å². The van der Waals surface area contributed by atoms with Crippen LogP contribution in [0.2, 0.25) is 5.02 Å². The van der Waals surface area contributed by atoms with Crippen LogP contribution in [0.25, 0.3) is 11.0 Å². The molecule has 0 bridgehead atoms. The van der Waals surface area contributed by atoms with Crippen molar-refractivity contribution in [2.45, 2.75) is 13.2 Å². The molecule has 5 heteroatoms. The summed E-state index contributed by atoms with van der Waals surface area (Å²) in [7, 11) is 0. The fourth-order valence-corrected chi connectivity index (χ4v) is 2.83. The second-order valence-corrected chi connectivity index (χ2v) is 5.86. The molecule has 4 rings (SSSR count). The van der Waals surface area contributed by atoms with Gasteiger partial charge < -0.3 is 13.7 Å². The first kappa shape index (κ1) is 14.8. The van der Waals surface area contributed by atoms with Gasteiger partial charge in [0.1, 0.15) is 23.9 Å². The Morgan fingerprint density at radius 3 is 2.71 bits per heavy atom. The summed E-state index contributed by atoms with van der Waals surface area (Å²) < 4.78 is 13.4. The van der Waals surface area contributed by atoms with Crippen molar-refractivity contribution in [3.63, 3.8) is 0 Å². The summed E-state index contributed by atoms with van der Waals surface area (Å²) in [6.07, 6.45) is 1.67. The number of rotatable bonds is 5. The summed E-state index contributed by atoms with van der Waals surface area (Å²) in [5.41, 5.74) is 1.85. The molecule has 2 aromatic heterocycles. The first-order valence-electron chi connectivity index (χ1n) is 7.64. The lowest BCUT2D eigenvalue weighted by molar-refractivity contribution is 0.290. The van der Waals surface area contributed by atoms with Gasteiger partial charge in [0.15, 0.2) is 0 Å². The van der Waals surface area contributed by atoms with E-state index in [1.54, 1.807) is 6.26 Å². The van der Waals surface area contributed by atoms with Gasteiger partial charge in [-0.1, -0.05) is 29.8 Å². The highest BCUT2D eigenvalue weighted by atomic mass is 35.5. The molecule has 0 amide bonds. The molecule has 0 aliphatic rings. The Kier molecular flexibility index (Phi) is 3.97. The van der Waals surface area contributed by atoms with Crippen LogP contribution in [0.3, 0.4) is 0 Å². The minimum absolute atomic E-state index is 0.372. The predicted molar refractivity (Wildman–Crippen MR) is 93.3 cm³/mol. The monoisotopic (exact) mass is 338 g/mol. The fourth-order valence-electron chi connectivity index (χ4n) is 2.66. The quantitative estimate of drug-likeness (QED) is 0.519. The average molecular weight is 339 g/mol. The van der Waals surface area contributed by atoms with Crippen molar-refractivity contribution >= 4 is 22.6 Å². The van der Waals surface area contributed by atoms with Gasteiger partial charge in [-0.15, -0.1) is 0 Å². The number of nitrogens with zero attached hydrogens (tertiary/aromatic N) is 2. The molecule has 4 nitrogen and oxygen atoms in total. The van der Waals surface area contributed by atoms with Gasteiger partial charge >= 0.3 is 0 Å². The van der Waals surface area contributed by atoms with E-state index in [0.29, 0.717) is 18.2 Å². The average Bonchev–Trinajstić information content (AvgIpc) is 3.22. The molecule has 0 saturated heterocycles. The highest BCUT2D eigenvalue weighted by Gasteiger charge is 2.13. The van der Waals surface area contributed by atoms with Crippen LogP contribution in [0, 0.1) is 0 Å². The molecule has 0 radical (unpaired) electrons. The minimum Gasteiger partial charge on any atom is -0.486 e. The van der Waals surface area contributed by atoms with Crippen LogP contribution in [-0.4, -0.2) is 9.55 Å². The number of hydrogen-bond acceptors (Lipinski definition) is 3. The first-order valence-corrected chi connectivity index (χ1v) is 8.02. The fraction of sp³-hybridized carbons (Fsp3) is 0.105. The Labute approximate surface area is 144 Å². The third-order valence-electron chi connectivity index (χ3n) is 3.79. The molecule has 0 atom stereocenters. The zero-order chi connectivity index (χ0) is 16.4. The first-order chi connectivity index (χ1) is 11.8. The van der Waals surface area contributed by atoms with Crippen molar-refractivity contribution in [2.75, 3.05) is 0 Å². The number of furan rings is 1. The topological polar surface area (TPSA) is 40.2 Å². The number of benzene rings is 2. The van der Waals surface area contributed by atoms with Gasteiger partial charge in [0.05, 0.1) is 23.8 Å². The summed E-state index contributed by atoms with van der Waals surface area (Å²) in [5.74, 6) is 2.50. The summed E-state index contributed by atoms with van der Waals surface area (Å²) in [5, 5.41) is 0.667. The van der Waals surface area contributed by atoms with E-state index in [4.69, 9.17) is 20.8 Å². The van der Waals surface area contributed by atoms with Crippen LogP contribution in [0.1, 0.15) is 11.6 Å². The van der Waals surface area contributed by atoms with Crippen molar-refractivity contribution in [3.8, 4) is 5.75 Å². The summed E-state index contributed by atoms with van der Waals surface area (Å²) in [4.78, 5) is 4.68. The normalized spacial score (nSPS) is 11.0. The summed E-state index contributed by atoms with van der Waals surface area (Å²) in [6.45, 7) is 0.968. The van der Waals surface area contributed by atoms with Gasteiger partial charge in [-0.3, -0.25) is 0 Å². The van der Waals surface area contributed by atoms with E-state index in [1.807, 2.05) is 60.7 Å². The lowest BCUT2D eigenvalue weighted by atomic mass is 10.3. The highest BCUT2D eigenvalue weighted by Crippen LogP contribution is 2.23. The zero-order valence-electron chi connectivity index (χ0n) is 12.9. The van der Waals surface area contributed by atoms with E-state index < -0.39 is 0 Å². The molecule has 0 aliphatic heterocycles. The molecule has 0 unspecified atom stereocenters. The van der Waals surface area contributed by atoms with Crippen molar-refractivity contribution < 1.29 is 9.15 Å². The minimum atomic E-state index is 0.372. The number of ether oxygens (including phenoxy) is 1. The Morgan fingerprint density at radius 2 is 1.92 bits per heavy atom. The number of hydrogen-bond donors (Lipinski definition) is 0. The van der Waals surface area contributed by atoms with E-state index in [1.165, 1.54) is 0 Å². The van der Waals surface area contributed by atoms with Gasteiger partial charge in [-0.25, -0.2) is 4.98 Å². The van der Waals surface area contributed by atoms with Gasteiger partial charge in [0, 0.05) is 5.02 Å². The van der Waals surface area contributed by atoms with Crippen LogP contribution in [-0.2, 0) is 13.2 Å². The van der Waals surface area contributed by atoms with Crippen molar-refractivity contribution in [1.29, 1.82) is 0 Å². The maximum absolute atomic E-state index is 6.10. The number of halogens is 1. The number of para-hydroxylation sites is 1. The predicted octanol–water partition coefficient (Wildman–Crippen LogP) is 4.91. The van der Waals surface area contributed by atoms with Gasteiger partial charge in [0.2, 0.25) is 0 Å². The van der Waals surface area contributed by atoms with Crippen LogP contribution < -0.4 is 4.74 Å². The molecule has 0 saturated carbocycles. The molecule has 24 heavy (non-hydrogen) atoms. The number of aromatic nitrogens is 2. The molecule has 0 aliphatic carbocycles. The van der Waals surface area contributed by atoms with Gasteiger partial charge in [0.25, 0.3) is 0 Å². The third kappa shape index (κ3) is 3.01. The maximum Gasteiger partial charge on any atom is 0.148 e. The van der Waals surface area contributed by atoms with Crippen molar-refractivity contribution in [2.24, 2.45) is 0 Å². The Balaban J connectivity index is 1.69. The molecular weight excluding hydrogens is 324 g/mol. The van der Waals surface area contributed by atoms with Crippen LogP contribution >= 0.6 is 11.6 Å². The number of imidazole rings is 1. The number of fused-ring (bicyclic) bond motifs is 1. The van der Waals surface area contributed by atoms with Crippen LogP contribution in [0.5, 0.6) is 5.75 Å². The highest BCUT2D eigenvalue weighted by molar-refractivity contribution is 6.31. The van der Waals surface area contributed by atoms with E-state index >= 15 is 0 Å². The van der Waals surface area contributed by atoms with Crippen molar-refractivity contribution in [1.82, 2.24) is 9.55 Å². The molecular formula is C19H15ClN2O2. The Bertz CT molecular complexity index is 946. The van der Waals surface area contributed by atoms with Crippen LogP contribution in [0.15, 0.2) is 71.3 Å². The largest absolute Gasteiger partial charge is 0.486 e. The van der Waals surface area contributed by atoms with E-state index in [0.717, 1.165) is 28.4 Å². The van der Waals surface area contributed by atoms with E-state index in [-0.39, 0.29) is 0 Å².